The van der Waals surface area contributed by atoms with Crippen LogP contribution in [0.25, 0.3) is 32.7 Å². The van der Waals surface area contributed by atoms with Crippen LogP contribution in [0.3, 0.4) is 0 Å². The lowest BCUT2D eigenvalue weighted by atomic mass is 9.82. The molecule has 1 radical (unpaired) electrons. The van der Waals surface area contributed by atoms with E-state index < -0.39 is 0 Å². The van der Waals surface area contributed by atoms with Crippen molar-refractivity contribution in [2.45, 2.75) is 0 Å². The maximum atomic E-state index is 13.1. The van der Waals surface area contributed by atoms with Crippen molar-refractivity contribution in [3.8, 4) is 11.1 Å². The molecule has 1 aliphatic carbocycles. The first-order valence-electron chi connectivity index (χ1n) is 9.87. The van der Waals surface area contributed by atoms with Gasteiger partial charge in [-0.05, 0) is 50.9 Å². The summed E-state index contributed by atoms with van der Waals surface area (Å²) in [4.78, 5) is 26.0. The van der Waals surface area contributed by atoms with E-state index in [0.717, 1.165) is 27.3 Å². The number of ketones is 2. The van der Waals surface area contributed by atoms with Crippen molar-refractivity contribution in [3.05, 3.63) is 119 Å². The Kier molecular flexibility index (Phi) is 3.50. The summed E-state index contributed by atoms with van der Waals surface area (Å²) in [5, 5.41) is 4.58. The molecule has 0 aromatic heterocycles. The number of benzene rings is 5. The topological polar surface area (TPSA) is 34.1 Å². The van der Waals surface area contributed by atoms with Gasteiger partial charge in [0.25, 0.3) is 0 Å². The fraction of sp³-hybridized carbons (Fsp3) is 0. The largest absolute Gasteiger partial charge is 0.289 e. The van der Waals surface area contributed by atoms with E-state index >= 15 is 0 Å². The van der Waals surface area contributed by atoms with Gasteiger partial charge in [0.05, 0.1) is 0 Å². The Morgan fingerprint density at radius 1 is 0.500 bits per heavy atom. The second-order valence-electron chi connectivity index (χ2n) is 7.59. The zero-order valence-electron chi connectivity index (χ0n) is 16.0. The van der Waals surface area contributed by atoms with Gasteiger partial charge in [-0.1, -0.05) is 72.8 Å². The molecule has 0 N–H and O–H groups in total. The molecule has 0 bridgehead atoms. The van der Waals surface area contributed by atoms with Crippen LogP contribution in [0, 0.1) is 6.07 Å². The summed E-state index contributed by atoms with van der Waals surface area (Å²) in [5.74, 6) is -0.264. The number of carbonyl (C=O) groups excluding carboxylic acids is 2. The number of hydrogen-bond acceptors (Lipinski definition) is 2. The second kappa shape index (κ2) is 6.23. The Balaban J connectivity index is 1.58. The molecule has 139 valence electrons. The average molecular weight is 383 g/mol. The predicted octanol–water partition coefficient (Wildman–Crippen LogP) is 6.24. The van der Waals surface area contributed by atoms with Crippen molar-refractivity contribution in [1.29, 1.82) is 0 Å². The summed E-state index contributed by atoms with van der Waals surface area (Å²) in [5.41, 5.74) is 3.51. The molecular formula is C28H15O2. The van der Waals surface area contributed by atoms with E-state index in [1.54, 1.807) is 30.3 Å². The smallest absolute Gasteiger partial charge is 0.195 e. The van der Waals surface area contributed by atoms with E-state index in [-0.39, 0.29) is 11.6 Å². The normalized spacial score (nSPS) is 12.8. The van der Waals surface area contributed by atoms with Crippen LogP contribution >= 0.6 is 0 Å². The number of fused-ring (bicyclic) bond motifs is 4. The van der Waals surface area contributed by atoms with Gasteiger partial charge in [0.2, 0.25) is 0 Å². The van der Waals surface area contributed by atoms with Gasteiger partial charge >= 0.3 is 0 Å². The molecule has 2 nitrogen and oxygen atoms in total. The minimum absolute atomic E-state index is 0.119. The van der Waals surface area contributed by atoms with Crippen LogP contribution < -0.4 is 0 Å². The third kappa shape index (κ3) is 2.37. The van der Waals surface area contributed by atoms with Gasteiger partial charge in [0.1, 0.15) is 0 Å². The maximum absolute atomic E-state index is 13.1. The van der Waals surface area contributed by atoms with Crippen molar-refractivity contribution in [1.82, 2.24) is 0 Å². The average Bonchev–Trinajstić information content (AvgIpc) is 2.80. The molecule has 5 aromatic carbocycles. The minimum Gasteiger partial charge on any atom is -0.289 e. The lowest BCUT2D eigenvalue weighted by molar-refractivity contribution is 0.0979. The first kappa shape index (κ1) is 16.9. The van der Waals surface area contributed by atoms with Crippen LogP contribution in [0.2, 0.25) is 0 Å². The van der Waals surface area contributed by atoms with E-state index in [1.165, 1.54) is 5.39 Å². The summed E-state index contributed by atoms with van der Waals surface area (Å²) >= 11 is 0. The van der Waals surface area contributed by atoms with Crippen molar-refractivity contribution in [2.24, 2.45) is 0 Å². The van der Waals surface area contributed by atoms with Gasteiger partial charge in [0, 0.05) is 28.3 Å². The van der Waals surface area contributed by atoms with Crippen LogP contribution in [0.1, 0.15) is 31.8 Å². The lowest BCUT2D eigenvalue weighted by Gasteiger charge is -2.18. The highest BCUT2D eigenvalue weighted by Crippen LogP contribution is 2.35. The van der Waals surface area contributed by atoms with Crippen LogP contribution in [-0.4, -0.2) is 11.6 Å². The van der Waals surface area contributed by atoms with Crippen LogP contribution in [0.15, 0.2) is 91.0 Å². The van der Waals surface area contributed by atoms with Crippen molar-refractivity contribution in [3.63, 3.8) is 0 Å². The lowest BCUT2D eigenvalue weighted by Crippen LogP contribution is -2.20. The third-order valence-corrected chi connectivity index (χ3v) is 5.87. The van der Waals surface area contributed by atoms with Gasteiger partial charge in [-0.15, -0.1) is 0 Å². The predicted molar refractivity (Wildman–Crippen MR) is 119 cm³/mol. The molecule has 0 unspecified atom stereocenters. The van der Waals surface area contributed by atoms with E-state index in [4.69, 9.17) is 0 Å². The third-order valence-electron chi connectivity index (χ3n) is 5.87. The van der Waals surface area contributed by atoms with E-state index in [2.05, 4.69) is 36.4 Å². The fourth-order valence-corrected chi connectivity index (χ4v) is 4.38. The SMILES string of the molecule is O=C1c2[c]c(-c3cccc4cc5ccccc5cc34)ccc2C(=O)c2ccccc21. The van der Waals surface area contributed by atoms with Gasteiger partial charge in [0.15, 0.2) is 11.6 Å². The van der Waals surface area contributed by atoms with Crippen molar-refractivity contribution < 1.29 is 9.59 Å². The molecule has 30 heavy (non-hydrogen) atoms. The number of carbonyl (C=O) groups is 2. The molecule has 0 aliphatic heterocycles. The van der Waals surface area contributed by atoms with Gasteiger partial charge < -0.3 is 0 Å². The number of hydrogen-bond donors (Lipinski definition) is 0. The van der Waals surface area contributed by atoms with Gasteiger partial charge in [-0.25, -0.2) is 0 Å². The second-order valence-corrected chi connectivity index (χ2v) is 7.59. The Bertz CT molecular complexity index is 1530. The summed E-state index contributed by atoms with van der Waals surface area (Å²) in [7, 11) is 0. The monoisotopic (exact) mass is 383 g/mol. The fourth-order valence-electron chi connectivity index (χ4n) is 4.38. The first-order valence-corrected chi connectivity index (χ1v) is 9.87. The molecule has 6 rings (SSSR count). The molecule has 0 atom stereocenters. The quantitative estimate of drug-likeness (QED) is 0.315. The van der Waals surface area contributed by atoms with Crippen LogP contribution in [0.5, 0.6) is 0 Å². The number of rotatable bonds is 1. The molecule has 0 saturated carbocycles. The first-order chi connectivity index (χ1) is 14.7. The summed E-state index contributed by atoms with van der Waals surface area (Å²) < 4.78 is 0. The van der Waals surface area contributed by atoms with Crippen LogP contribution in [-0.2, 0) is 0 Å². The zero-order valence-corrected chi connectivity index (χ0v) is 16.0. The van der Waals surface area contributed by atoms with Crippen molar-refractivity contribution in [2.75, 3.05) is 0 Å². The van der Waals surface area contributed by atoms with Gasteiger partial charge in [-0.2, -0.15) is 0 Å². The molecule has 0 heterocycles. The van der Waals surface area contributed by atoms with Crippen molar-refractivity contribution >= 4 is 33.1 Å². The zero-order chi connectivity index (χ0) is 20.2. The van der Waals surface area contributed by atoms with E-state index in [1.807, 2.05) is 30.3 Å². The molecule has 2 heteroatoms. The standard InChI is InChI=1S/C28H15O2/c29-27-22-9-3-4-10-23(22)28(30)26-16-20(12-13-24(26)27)21-11-5-8-19-14-17-6-1-2-7-18(17)15-25(19)21/h1-15H. The summed E-state index contributed by atoms with van der Waals surface area (Å²) in [6, 6.07) is 32.7. The minimum atomic E-state index is -0.146. The Morgan fingerprint density at radius 3 is 1.93 bits per heavy atom. The molecule has 5 aromatic rings. The maximum Gasteiger partial charge on any atom is 0.195 e. The summed E-state index contributed by atoms with van der Waals surface area (Å²) in [6.07, 6.45) is 0. The molecule has 0 spiro atoms. The Labute approximate surface area is 173 Å². The van der Waals surface area contributed by atoms with E-state index in [0.29, 0.717) is 22.3 Å². The summed E-state index contributed by atoms with van der Waals surface area (Å²) in [6.45, 7) is 0. The van der Waals surface area contributed by atoms with Gasteiger partial charge in [-0.3, -0.25) is 9.59 Å². The molecule has 0 saturated heterocycles. The highest BCUT2D eigenvalue weighted by atomic mass is 16.1. The highest BCUT2D eigenvalue weighted by Gasteiger charge is 2.29. The molecule has 0 fully saturated rings. The Morgan fingerprint density at radius 2 is 1.13 bits per heavy atom. The highest BCUT2D eigenvalue weighted by molar-refractivity contribution is 6.28. The van der Waals surface area contributed by atoms with E-state index in [9.17, 15) is 9.59 Å². The van der Waals surface area contributed by atoms with Crippen LogP contribution in [0.4, 0.5) is 0 Å². The molecular weight excluding hydrogens is 368 g/mol. The molecule has 0 amide bonds. The Hall–Kier alpha value is -4.04. The molecule has 1 aliphatic rings.